The Balaban J connectivity index is 1.59. The molecule has 1 atom stereocenters. The zero-order valence-corrected chi connectivity index (χ0v) is 19.1. The van der Waals surface area contributed by atoms with Crippen LogP contribution < -0.4 is 14.8 Å². The van der Waals surface area contributed by atoms with Crippen LogP contribution in [0.3, 0.4) is 0 Å². The summed E-state index contributed by atoms with van der Waals surface area (Å²) in [7, 11) is 3.10. The molecule has 170 valence electrons. The Kier molecular flexibility index (Phi) is 6.21. The van der Waals surface area contributed by atoms with Crippen molar-refractivity contribution in [3.8, 4) is 28.7 Å². The molecule has 0 unspecified atom stereocenters. The number of ether oxygens (including phenoxy) is 2. The number of imidazole rings is 1. The molecule has 0 aliphatic rings. The molecule has 3 aromatic heterocycles. The average molecular weight is 449 g/mol. The van der Waals surface area contributed by atoms with E-state index in [4.69, 9.17) is 9.47 Å². The van der Waals surface area contributed by atoms with Crippen LogP contribution in [0.25, 0.3) is 17.1 Å². The van der Waals surface area contributed by atoms with Crippen molar-refractivity contribution in [1.29, 1.82) is 0 Å². The summed E-state index contributed by atoms with van der Waals surface area (Å²) in [6, 6.07) is 9.99. The van der Waals surface area contributed by atoms with Crippen LogP contribution in [0.2, 0.25) is 0 Å². The Morgan fingerprint density at radius 1 is 1.00 bits per heavy atom. The summed E-state index contributed by atoms with van der Waals surface area (Å²) in [5.41, 5.74) is 4.66. The summed E-state index contributed by atoms with van der Waals surface area (Å²) in [6.07, 6.45) is 3.62. The maximum Gasteiger partial charge on any atom is 0.238 e. The molecule has 0 aliphatic heterocycles. The van der Waals surface area contributed by atoms with Gasteiger partial charge in [0.05, 0.1) is 38.0 Å². The summed E-state index contributed by atoms with van der Waals surface area (Å²) in [5, 5.41) is 12.0. The summed E-state index contributed by atoms with van der Waals surface area (Å²) >= 11 is 0. The molecule has 1 N–H and O–H groups in total. The lowest BCUT2D eigenvalue weighted by atomic mass is 10.1. The van der Waals surface area contributed by atoms with Crippen LogP contribution in [0, 0.1) is 19.7 Å². The largest absolute Gasteiger partial charge is 0.496 e. The quantitative estimate of drug-likeness (QED) is 0.440. The highest BCUT2D eigenvalue weighted by molar-refractivity contribution is 5.61. The minimum atomic E-state index is -0.347. The van der Waals surface area contributed by atoms with Gasteiger partial charge in [-0.3, -0.25) is 0 Å². The van der Waals surface area contributed by atoms with Gasteiger partial charge in [0, 0.05) is 17.8 Å². The Labute approximate surface area is 191 Å². The van der Waals surface area contributed by atoms with Crippen LogP contribution in [-0.2, 0) is 0 Å². The van der Waals surface area contributed by atoms with Crippen molar-refractivity contribution in [1.82, 2.24) is 24.7 Å². The van der Waals surface area contributed by atoms with E-state index in [0.29, 0.717) is 28.8 Å². The lowest BCUT2D eigenvalue weighted by Gasteiger charge is -2.19. The first kappa shape index (κ1) is 22.2. The Hall–Kier alpha value is -4.01. The van der Waals surface area contributed by atoms with Gasteiger partial charge in [0.25, 0.3) is 0 Å². The van der Waals surface area contributed by atoms with Gasteiger partial charge in [-0.1, -0.05) is 6.07 Å². The number of benzene rings is 1. The van der Waals surface area contributed by atoms with Gasteiger partial charge in [-0.2, -0.15) is 0 Å². The highest BCUT2D eigenvalue weighted by atomic mass is 19.1. The van der Waals surface area contributed by atoms with Gasteiger partial charge in [-0.15, -0.1) is 10.2 Å². The number of halogens is 1. The van der Waals surface area contributed by atoms with Gasteiger partial charge in [0.2, 0.25) is 5.88 Å². The van der Waals surface area contributed by atoms with Crippen LogP contribution in [0.5, 0.6) is 11.6 Å². The van der Waals surface area contributed by atoms with Crippen LogP contribution in [0.15, 0.2) is 48.9 Å². The SMILES string of the molecule is COc1cc(F)ccc1[C@H](C)Nc1nnc(-c2ccc(-n3cnc(C)c3)c(OC)n2)cc1C. The number of methoxy groups -OCH3 is 2. The van der Waals surface area contributed by atoms with Crippen LogP contribution >= 0.6 is 0 Å². The third-order valence-electron chi connectivity index (χ3n) is 5.29. The zero-order valence-electron chi connectivity index (χ0n) is 19.1. The first-order valence-corrected chi connectivity index (χ1v) is 10.4. The van der Waals surface area contributed by atoms with E-state index in [1.807, 2.05) is 49.7 Å². The van der Waals surface area contributed by atoms with Crippen molar-refractivity contribution in [3.05, 3.63) is 71.6 Å². The molecule has 0 saturated heterocycles. The maximum absolute atomic E-state index is 13.5. The molecular formula is C24H25FN6O2. The number of nitrogens with zero attached hydrogens (tertiary/aromatic N) is 5. The van der Waals surface area contributed by atoms with Crippen molar-refractivity contribution in [2.24, 2.45) is 0 Å². The van der Waals surface area contributed by atoms with E-state index < -0.39 is 0 Å². The Bertz CT molecular complexity index is 1290. The second-order valence-electron chi connectivity index (χ2n) is 7.66. The summed E-state index contributed by atoms with van der Waals surface area (Å²) in [6.45, 7) is 5.81. The number of rotatable bonds is 7. The van der Waals surface area contributed by atoms with Crippen LogP contribution in [-0.4, -0.2) is 39.0 Å². The molecule has 0 spiro atoms. The summed E-state index contributed by atoms with van der Waals surface area (Å²) in [5.74, 6) is 1.21. The van der Waals surface area contributed by atoms with Gasteiger partial charge >= 0.3 is 0 Å². The smallest absolute Gasteiger partial charge is 0.238 e. The number of nitrogens with one attached hydrogen (secondary N) is 1. The molecule has 0 aliphatic carbocycles. The van der Waals surface area contributed by atoms with E-state index in [1.54, 1.807) is 19.5 Å². The minimum Gasteiger partial charge on any atom is -0.496 e. The number of aryl methyl sites for hydroxylation is 2. The molecular weight excluding hydrogens is 423 g/mol. The molecule has 9 heteroatoms. The Morgan fingerprint density at radius 3 is 2.48 bits per heavy atom. The van der Waals surface area contributed by atoms with E-state index in [9.17, 15) is 4.39 Å². The minimum absolute atomic E-state index is 0.171. The molecule has 4 aromatic rings. The summed E-state index contributed by atoms with van der Waals surface area (Å²) in [4.78, 5) is 8.87. The van der Waals surface area contributed by atoms with E-state index in [2.05, 4.69) is 25.5 Å². The van der Waals surface area contributed by atoms with Gasteiger partial charge in [-0.05, 0) is 50.6 Å². The lowest BCUT2D eigenvalue weighted by Crippen LogP contribution is -2.11. The van der Waals surface area contributed by atoms with E-state index >= 15 is 0 Å². The van der Waals surface area contributed by atoms with Crippen molar-refractivity contribution in [2.45, 2.75) is 26.8 Å². The predicted octanol–water partition coefficient (Wildman–Crippen LogP) is 4.67. The van der Waals surface area contributed by atoms with Crippen molar-refractivity contribution in [2.75, 3.05) is 19.5 Å². The van der Waals surface area contributed by atoms with Crippen molar-refractivity contribution >= 4 is 5.82 Å². The Morgan fingerprint density at radius 2 is 1.82 bits per heavy atom. The standard InChI is InChI=1S/C24H25FN6O2/c1-14-10-20(19-8-9-21(24(28-19)33-5)31-12-15(2)26-13-31)29-30-23(14)27-16(3)18-7-6-17(25)11-22(18)32-4/h6-13,16H,1-5H3,(H,27,30)/t16-/m0/s1. The van der Waals surface area contributed by atoms with Gasteiger partial charge in [-0.25, -0.2) is 14.4 Å². The molecule has 3 heterocycles. The third-order valence-corrected chi connectivity index (χ3v) is 5.29. The lowest BCUT2D eigenvalue weighted by molar-refractivity contribution is 0.396. The van der Waals surface area contributed by atoms with Gasteiger partial charge < -0.3 is 19.4 Å². The van der Waals surface area contributed by atoms with E-state index in [0.717, 1.165) is 22.5 Å². The monoisotopic (exact) mass is 448 g/mol. The zero-order chi connectivity index (χ0) is 23.5. The summed E-state index contributed by atoms with van der Waals surface area (Å²) < 4.78 is 26.2. The molecule has 33 heavy (non-hydrogen) atoms. The average Bonchev–Trinajstić information content (AvgIpc) is 3.25. The number of hydrogen-bond donors (Lipinski definition) is 1. The fourth-order valence-electron chi connectivity index (χ4n) is 3.55. The maximum atomic E-state index is 13.5. The molecule has 0 bridgehead atoms. The topological polar surface area (TPSA) is 87.0 Å². The first-order chi connectivity index (χ1) is 15.9. The normalized spacial score (nSPS) is 11.8. The number of hydrogen-bond acceptors (Lipinski definition) is 7. The second-order valence-corrected chi connectivity index (χ2v) is 7.66. The fourth-order valence-corrected chi connectivity index (χ4v) is 3.55. The molecule has 0 radical (unpaired) electrons. The van der Waals surface area contributed by atoms with Gasteiger partial charge in [0.1, 0.15) is 22.9 Å². The molecule has 8 nitrogen and oxygen atoms in total. The van der Waals surface area contributed by atoms with Crippen molar-refractivity contribution in [3.63, 3.8) is 0 Å². The van der Waals surface area contributed by atoms with E-state index in [1.165, 1.54) is 19.2 Å². The molecule has 4 rings (SSSR count). The second kappa shape index (κ2) is 9.23. The molecule has 0 amide bonds. The fraction of sp³-hybridized carbons (Fsp3) is 0.250. The molecule has 1 aromatic carbocycles. The highest BCUT2D eigenvalue weighted by Crippen LogP contribution is 2.30. The highest BCUT2D eigenvalue weighted by Gasteiger charge is 2.16. The predicted molar refractivity (Wildman–Crippen MR) is 123 cm³/mol. The number of anilines is 1. The van der Waals surface area contributed by atoms with Crippen LogP contribution in [0.1, 0.15) is 29.8 Å². The number of pyridine rings is 1. The van der Waals surface area contributed by atoms with E-state index in [-0.39, 0.29) is 11.9 Å². The van der Waals surface area contributed by atoms with Gasteiger partial charge in [0.15, 0.2) is 5.82 Å². The number of aromatic nitrogens is 5. The van der Waals surface area contributed by atoms with Crippen molar-refractivity contribution < 1.29 is 13.9 Å². The first-order valence-electron chi connectivity index (χ1n) is 10.4. The molecule has 0 fully saturated rings. The third kappa shape index (κ3) is 4.62. The molecule has 0 saturated carbocycles. The van der Waals surface area contributed by atoms with Crippen LogP contribution in [0.4, 0.5) is 10.2 Å².